The number of hydrogen-bond acceptors (Lipinski definition) is 20. The van der Waals surface area contributed by atoms with Gasteiger partial charge < -0.3 is 69.0 Å². The molecule has 0 aliphatic carbocycles. The smallest absolute Gasteiger partial charge is 0.346 e. The third-order valence-electron chi connectivity index (χ3n) is 11.2. The van der Waals surface area contributed by atoms with Crippen LogP contribution in [0.5, 0.6) is 23.0 Å². The van der Waals surface area contributed by atoms with Crippen molar-refractivity contribution in [1.82, 2.24) is 0 Å². The van der Waals surface area contributed by atoms with Gasteiger partial charge in [-0.25, -0.2) is 36.7 Å². The number of aromatic hydroxyl groups is 2. The number of esters is 4. The highest BCUT2D eigenvalue weighted by molar-refractivity contribution is 5.98. The number of phenols is 2. The zero-order valence-electron chi connectivity index (χ0n) is 45.4. The number of aldehydes is 1. The normalized spacial score (nSPS) is 26.6. The summed E-state index contributed by atoms with van der Waals surface area (Å²) in [6.07, 6.45) is -2.33. The summed E-state index contributed by atoms with van der Waals surface area (Å²) >= 11 is 0. The number of aliphatic hydroxyl groups is 5. The summed E-state index contributed by atoms with van der Waals surface area (Å²) in [5.41, 5.74) is -6.77. The van der Waals surface area contributed by atoms with Gasteiger partial charge >= 0.3 is 23.9 Å². The van der Waals surface area contributed by atoms with Gasteiger partial charge in [0.2, 0.25) is 5.67 Å². The number of cyclic esters (lactones) is 2. The van der Waals surface area contributed by atoms with E-state index in [0.717, 1.165) is 58.3 Å². The molecule has 0 radical (unpaired) electrons. The molecule has 3 unspecified atom stereocenters. The van der Waals surface area contributed by atoms with Crippen molar-refractivity contribution in [3.05, 3.63) is 83.0 Å². The van der Waals surface area contributed by atoms with Gasteiger partial charge in [0, 0.05) is 12.1 Å². The average molecular weight is 1120 g/mol. The van der Waals surface area contributed by atoms with Crippen molar-refractivity contribution in [3.63, 3.8) is 0 Å². The van der Waals surface area contributed by atoms with E-state index in [4.69, 9.17) is 28.8 Å². The Labute approximate surface area is 449 Å². The van der Waals surface area contributed by atoms with E-state index in [1.54, 1.807) is 13.8 Å². The number of aliphatic hydroxyl groups excluding tert-OH is 5. The lowest BCUT2D eigenvalue weighted by Crippen LogP contribution is -2.42. The molecule has 2 aliphatic rings. The molecule has 0 saturated heterocycles. The number of ketones is 2. The lowest BCUT2D eigenvalue weighted by atomic mass is 9.98. The van der Waals surface area contributed by atoms with E-state index in [9.17, 15) is 77.0 Å². The van der Waals surface area contributed by atoms with Crippen molar-refractivity contribution < 1.29 is 115 Å². The molecule has 7 N–H and O–H groups in total. The van der Waals surface area contributed by atoms with Crippen molar-refractivity contribution in [2.75, 3.05) is 27.4 Å². The minimum Gasteiger partial charge on any atom is -0.507 e. The molecule has 11 atom stereocenters. The molecular weight excluding hydrogens is 1040 g/mol. The fourth-order valence-electron chi connectivity index (χ4n) is 5.82. The van der Waals surface area contributed by atoms with Gasteiger partial charge in [-0.2, -0.15) is 0 Å². The van der Waals surface area contributed by atoms with E-state index >= 15 is 0 Å². The van der Waals surface area contributed by atoms with Crippen molar-refractivity contribution in [1.29, 1.82) is 0 Å². The maximum Gasteiger partial charge on any atom is 0.346 e. The molecule has 0 saturated carbocycles. The van der Waals surface area contributed by atoms with Crippen LogP contribution in [-0.4, -0.2) is 171 Å². The summed E-state index contributed by atoms with van der Waals surface area (Å²) in [7, 11) is 2.75. The van der Waals surface area contributed by atoms with Crippen molar-refractivity contribution in [2.45, 2.75) is 148 Å². The maximum atomic E-state index is 14.8. The van der Waals surface area contributed by atoms with E-state index in [1.165, 1.54) is 90.5 Å². The lowest BCUT2D eigenvalue weighted by Gasteiger charge is -2.25. The number of carbonyl (C=O) groups excluding carboxylic acids is 7. The predicted octanol–water partition coefficient (Wildman–Crippen LogP) is 5.65. The number of methoxy groups -OCH3 is 2. The van der Waals surface area contributed by atoms with Crippen molar-refractivity contribution >= 4 is 53.9 Å². The second-order valence-corrected chi connectivity index (χ2v) is 17.5. The summed E-state index contributed by atoms with van der Waals surface area (Å²) in [5.74, 6) is -5.80. The van der Waals surface area contributed by atoms with Gasteiger partial charge in [-0.3, -0.25) is 9.59 Å². The molecule has 20 nitrogen and oxygen atoms in total. The fourth-order valence-corrected chi connectivity index (χ4v) is 5.82. The topological polar surface area (TPSA) is 316 Å². The van der Waals surface area contributed by atoms with Crippen LogP contribution in [0.15, 0.2) is 60.7 Å². The second kappa shape index (κ2) is 33.3. The number of carbonyl (C=O) groups is 7. The first kappa shape index (κ1) is 71.0. The van der Waals surface area contributed by atoms with Crippen LogP contribution in [0.4, 0.5) is 17.6 Å². The number of phenolic OH excluding ortho intramolecular Hbond substituents is 2. The number of ether oxygens (including phenoxy) is 6. The van der Waals surface area contributed by atoms with Gasteiger partial charge in [-0.1, -0.05) is 24.3 Å². The molecule has 0 spiro atoms. The zero-order valence-corrected chi connectivity index (χ0v) is 45.4. The Morgan fingerprint density at radius 2 is 1.08 bits per heavy atom. The Hall–Kier alpha value is -6.99. The molecule has 2 heterocycles. The first-order valence-electron chi connectivity index (χ1n) is 24.0. The Morgan fingerprint density at radius 3 is 1.36 bits per heavy atom. The molecule has 436 valence electrons. The van der Waals surface area contributed by atoms with Crippen LogP contribution < -0.4 is 9.47 Å². The maximum absolute atomic E-state index is 14.8. The standard InChI is InChI=1S/2C20H23FO7.C7H13FO3.C5H9FO2.C2H4O/c2*1-11-20(2,21)8-7-15(23)18(25)14(22)6-4-5-12-9-13(27-3)10-16(24)17(12)19(26)28-11;1-4-11-6(10)7(3,8)5(2)9;1-3-8-5(7)4(2)6;1-2-3/h2*4-5,7-11,14,18,22,24-25H,6H2,1-3H3;5,9H,4H2,1-3H3;4H,3H2,1-2H3;2H,1H3/b2*5-4+,8-7-;;;/t11-,14-,18-,20+;11-,14-,18-,20-;;;/m00.../s1. The van der Waals surface area contributed by atoms with E-state index in [2.05, 4.69) is 9.47 Å². The van der Waals surface area contributed by atoms with Gasteiger partial charge in [0.05, 0.1) is 45.7 Å². The Balaban J connectivity index is 0.00000111. The van der Waals surface area contributed by atoms with Crippen LogP contribution >= 0.6 is 0 Å². The molecule has 4 rings (SSSR count). The van der Waals surface area contributed by atoms with Crippen LogP contribution in [-0.2, 0) is 42.9 Å². The molecule has 2 aromatic carbocycles. The number of hydrogen-bond donors (Lipinski definition) is 7. The van der Waals surface area contributed by atoms with Crippen LogP contribution in [0, 0.1) is 0 Å². The largest absolute Gasteiger partial charge is 0.507 e. The minimum atomic E-state index is -2.30. The first-order valence-corrected chi connectivity index (χ1v) is 24.0. The summed E-state index contributed by atoms with van der Waals surface area (Å²) in [5, 5.41) is 69.0. The van der Waals surface area contributed by atoms with Crippen LogP contribution in [0.1, 0.15) is 114 Å². The molecule has 2 aliphatic heterocycles. The molecular formula is C54H72F4O20. The van der Waals surface area contributed by atoms with Crippen molar-refractivity contribution in [2.24, 2.45) is 0 Å². The van der Waals surface area contributed by atoms with Crippen LogP contribution in [0.25, 0.3) is 12.2 Å². The summed E-state index contributed by atoms with van der Waals surface area (Å²) < 4.78 is 83.7. The SMILES string of the molecule is CC=O.CCOC(=O)C(C)(F)C(C)O.CCOC(=O)C(C)F.COc1cc(O)c2c(c1)/C=C/C[C@H](O)[C@H](O)C(=O)/C=C\[C@@](C)(F)[C@H](C)OC2=O.COc1cc(O)c2c(c1)/C=C/C[C@H](O)[C@H](O)C(=O)/C=C\[C@](C)(F)[C@H](C)OC2=O. The Morgan fingerprint density at radius 1 is 0.731 bits per heavy atom. The summed E-state index contributed by atoms with van der Waals surface area (Å²) in [4.78, 5) is 78.7. The van der Waals surface area contributed by atoms with E-state index in [-0.39, 0.29) is 59.8 Å². The van der Waals surface area contributed by atoms with E-state index in [0.29, 0.717) is 0 Å². The summed E-state index contributed by atoms with van der Waals surface area (Å²) in [6, 6.07) is 5.33. The number of benzene rings is 2. The monoisotopic (exact) mass is 1120 g/mol. The highest BCUT2D eigenvalue weighted by Crippen LogP contribution is 2.33. The zero-order chi connectivity index (χ0) is 60.5. The van der Waals surface area contributed by atoms with E-state index in [1.807, 2.05) is 0 Å². The molecule has 0 amide bonds. The molecule has 0 aromatic heterocycles. The number of rotatable bonds is 7. The molecule has 2 aromatic rings. The lowest BCUT2D eigenvalue weighted by molar-refractivity contribution is -0.163. The second-order valence-electron chi connectivity index (χ2n) is 17.5. The molecule has 0 fully saturated rings. The van der Waals surface area contributed by atoms with Gasteiger partial charge in [0.1, 0.15) is 64.8 Å². The van der Waals surface area contributed by atoms with Gasteiger partial charge in [0.15, 0.2) is 29.1 Å². The third kappa shape index (κ3) is 22.5. The van der Waals surface area contributed by atoms with E-state index < -0.39 is 113 Å². The van der Waals surface area contributed by atoms with Crippen LogP contribution in [0.2, 0.25) is 0 Å². The predicted molar refractivity (Wildman–Crippen MR) is 274 cm³/mol. The fraction of sp³-hybridized carbons (Fsp3) is 0.500. The highest BCUT2D eigenvalue weighted by atomic mass is 19.2. The first-order chi connectivity index (χ1) is 36.1. The Bertz CT molecular complexity index is 2310. The molecule has 78 heavy (non-hydrogen) atoms. The number of halogens is 4. The molecule has 24 heteroatoms. The van der Waals surface area contributed by atoms with Crippen LogP contribution in [0.3, 0.4) is 0 Å². The summed E-state index contributed by atoms with van der Waals surface area (Å²) in [6.45, 7) is 13.1. The third-order valence-corrected chi connectivity index (χ3v) is 11.2. The van der Waals surface area contributed by atoms with Gasteiger partial charge in [-0.15, -0.1) is 0 Å². The van der Waals surface area contributed by atoms with Crippen molar-refractivity contribution in [3.8, 4) is 23.0 Å². The number of fused-ring (bicyclic) bond motifs is 2. The highest BCUT2D eigenvalue weighted by Gasteiger charge is 2.40. The minimum absolute atomic E-state index is 0.116. The Kier molecular flexibility index (Phi) is 30.3. The average Bonchev–Trinajstić information content (AvgIpc) is 3.36. The number of alkyl halides is 4. The quantitative estimate of drug-likeness (QED) is 0.0762. The van der Waals surface area contributed by atoms with Gasteiger partial charge in [0.25, 0.3) is 0 Å². The molecule has 0 bridgehead atoms. The van der Waals surface area contributed by atoms with Gasteiger partial charge in [-0.05, 0) is 130 Å².